The van der Waals surface area contributed by atoms with Crippen LogP contribution < -0.4 is 19.6 Å². The van der Waals surface area contributed by atoms with Crippen LogP contribution in [0, 0.1) is 0 Å². The van der Waals surface area contributed by atoms with Gasteiger partial charge in [0.25, 0.3) is 0 Å². The molecule has 4 heterocycles. The largest absolute Gasteiger partial charge is 0.628 e. The Morgan fingerprint density at radius 1 is 0.970 bits per heavy atom. The van der Waals surface area contributed by atoms with Gasteiger partial charge in [0.1, 0.15) is 17.0 Å². The van der Waals surface area contributed by atoms with Crippen LogP contribution in [0.15, 0.2) is 24.5 Å². The van der Waals surface area contributed by atoms with E-state index in [1.54, 1.807) is 12.3 Å². The molecule has 2 aromatic heterocycles. The number of fused-ring (bicyclic) bond motifs is 2. The number of ether oxygens (including phenoxy) is 3. The van der Waals surface area contributed by atoms with Crippen molar-refractivity contribution >= 4 is 29.7 Å². The first-order valence-corrected chi connectivity index (χ1v) is 10.4. The van der Waals surface area contributed by atoms with Gasteiger partial charge in [0.15, 0.2) is 0 Å². The van der Waals surface area contributed by atoms with Gasteiger partial charge >= 0.3 is 18.3 Å². The lowest BCUT2D eigenvalue weighted by molar-refractivity contribution is -0.648. The number of amides is 1. The second-order valence-corrected chi connectivity index (χ2v) is 8.21. The van der Waals surface area contributed by atoms with Gasteiger partial charge in [-0.1, -0.05) is 0 Å². The first kappa shape index (κ1) is 23.8. The number of rotatable bonds is 0. The Balaban J connectivity index is 0.000000203. The Morgan fingerprint density at radius 2 is 1.58 bits per heavy atom. The van der Waals surface area contributed by atoms with Crippen LogP contribution in [0.4, 0.5) is 25.8 Å². The van der Waals surface area contributed by atoms with Gasteiger partial charge in [-0.25, -0.2) is 4.79 Å². The minimum Gasteiger partial charge on any atom is -0.443 e. The third kappa shape index (κ3) is 5.70. The van der Waals surface area contributed by atoms with Crippen LogP contribution in [0.3, 0.4) is 0 Å². The van der Waals surface area contributed by atoms with Crippen molar-refractivity contribution < 1.29 is 38.0 Å². The van der Waals surface area contributed by atoms with E-state index < -0.39 is 23.9 Å². The average Bonchev–Trinajstić information content (AvgIpc) is 3.43. The molecular formula is C21H28N6O6+2. The highest BCUT2D eigenvalue weighted by molar-refractivity contribution is 5.89. The third-order valence-electron chi connectivity index (χ3n) is 4.70. The summed E-state index contributed by atoms with van der Waals surface area (Å²) in [7, 11) is 2.62. The molecule has 0 radical (unpaired) electrons. The number of nitrogens with zero attached hydrogens (tertiary/aromatic N) is 5. The molecule has 2 aliphatic rings. The van der Waals surface area contributed by atoms with Crippen molar-refractivity contribution in [1.29, 1.82) is 0 Å². The number of nitrogens with one attached hydrogen (secondary N) is 1. The van der Waals surface area contributed by atoms with E-state index in [-0.39, 0.29) is 0 Å². The molecular weight excluding hydrogens is 432 g/mol. The molecule has 4 rings (SSSR count). The van der Waals surface area contributed by atoms with Gasteiger partial charge in [-0.15, -0.1) is 0 Å². The predicted octanol–water partition coefficient (Wildman–Crippen LogP) is 1.23. The van der Waals surface area contributed by atoms with Crippen molar-refractivity contribution in [3.05, 3.63) is 35.9 Å². The number of methoxy groups -OCH3 is 2. The van der Waals surface area contributed by atoms with Gasteiger partial charge in [0, 0.05) is 57.6 Å². The van der Waals surface area contributed by atoms with E-state index in [1.807, 2.05) is 26.8 Å². The van der Waals surface area contributed by atoms with Gasteiger partial charge in [-0.3, -0.25) is 4.90 Å². The lowest BCUT2D eigenvalue weighted by Crippen LogP contribution is -2.46. The number of carbonyl (C=O) groups is 3. The molecule has 0 bridgehead atoms. The zero-order chi connectivity index (χ0) is 24.2. The fourth-order valence-electron chi connectivity index (χ4n) is 3.23. The summed E-state index contributed by atoms with van der Waals surface area (Å²) in [6, 6.07) is 3.49. The molecule has 0 spiro atoms. The van der Waals surface area contributed by atoms with E-state index in [0.717, 1.165) is 29.0 Å². The molecule has 1 amide bonds. The summed E-state index contributed by atoms with van der Waals surface area (Å²) < 4.78 is 16.8. The molecule has 0 aromatic carbocycles. The van der Waals surface area contributed by atoms with E-state index in [4.69, 9.17) is 4.74 Å². The topological polar surface area (TPSA) is 128 Å². The number of hydrogen-bond acceptors (Lipinski definition) is 9. The van der Waals surface area contributed by atoms with Crippen LogP contribution in [0.2, 0.25) is 0 Å². The Bertz CT molecular complexity index is 1070. The fraction of sp³-hybridized carbons (Fsp3) is 0.476. The van der Waals surface area contributed by atoms with Gasteiger partial charge in [0.2, 0.25) is 12.4 Å². The van der Waals surface area contributed by atoms with Crippen molar-refractivity contribution in [3.8, 4) is 0 Å². The van der Waals surface area contributed by atoms with Gasteiger partial charge in [0.05, 0.1) is 25.6 Å². The molecule has 2 aliphatic heterocycles. The van der Waals surface area contributed by atoms with Crippen LogP contribution in [-0.2, 0) is 27.1 Å². The van der Waals surface area contributed by atoms with Gasteiger partial charge in [-0.2, -0.15) is 9.59 Å². The van der Waals surface area contributed by atoms with Gasteiger partial charge < -0.3 is 19.5 Å². The fourth-order valence-corrected chi connectivity index (χ4v) is 3.23. The number of hydrogen-bond donors (Lipinski definition) is 1. The summed E-state index contributed by atoms with van der Waals surface area (Å²) in [4.78, 5) is 36.1. The SMILES string of the molecule is COC(=O)[n+]1ccc2c(n1)CCN2.COC(=O)[n+]1ccc2c(n1)CCN2C(=O)OC(C)(C)C. The van der Waals surface area contributed by atoms with Crippen LogP contribution in [-0.4, -0.2) is 61.4 Å². The maximum Gasteiger partial charge on any atom is 0.628 e. The van der Waals surface area contributed by atoms with Crippen molar-refractivity contribution in [1.82, 2.24) is 10.2 Å². The van der Waals surface area contributed by atoms with Crippen molar-refractivity contribution in [2.45, 2.75) is 39.2 Å². The van der Waals surface area contributed by atoms with Crippen molar-refractivity contribution in [3.63, 3.8) is 0 Å². The Hall–Kier alpha value is -3.83. The van der Waals surface area contributed by atoms with Crippen LogP contribution in [0.5, 0.6) is 0 Å². The van der Waals surface area contributed by atoms with Crippen molar-refractivity contribution in [2.24, 2.45) is 0 Å². The van der Waals surface area contributed by atoms with Crippen LogP contribution in [0.1, 0.15) is 32.2 Å². The lowest BCUT2D eigenvalue weighted by atomic mass is 10.2. The molecule has 2 aromatic rings. The molecule has 0 saturated heterocycles. The van der Waals surface area contributed by atoms with E-state index in [0.29, 0.717) is 24.3 Å². The third-order valence-corrected chi connectivity index (χ3v) is 4.70. The summed E-state index contributed by atoms with van der Waals surface area (Å²) in [6.45, 7) is 6.82. The Labute approximate surface area is 191 Å². The second-order valence-electron chi connectivity index (χ2n) is 8.21. The predicted molar refractivity (Wildman–Crippen MR) is 114 cm³/mol. The zero-order valence-corrected chi connectivity index (χ0v) is 19.3. The summed E-state index contributed by atoms with van der Waals surface area (Å²) in [5, 5.41) is 11.4. The summed E-state index contributed by atoms with van der Waals surface area (Å²) in [5.41, 5.74) is 2.70. The smallest absolute Gasteiger partial charge is 0.443 e. The zero-order valence-electron chi connectivity index (χ0n) is 19.3. The molecule has 1 N–H and O–H groups in total. The van der Waals surface area contributed by atoms with Crippen LogP contribution in [0.25, 0.3) is 0 Å². The Kier molecular flexibility index (Phi) is 7.04. The van der Waals surface area contributed by atoms with Gasteiger partial charge in [-0.05, 0) is 20.8 Å². The first-order valence-electron chi connectivity index (χ1n) is 10.4. The highest BCUT2D eigenvalue weighted by Gasteiger charge is 2.33. The van der Waals surface area contributed by atoms with Crippen molar-refractivity contribution in [2.75, 3.05) is 37.5 Å². The highest BCUT2D eigenvalue weighted by Crippen LogP contribution is 2.26. The van der Waals surface area contributed by atoms with Crippen LogP contribution >= 0.6 is 0 Å². The van der Waals surface area contributed by atoms with E-state index >= 15 is 0 Å². The second kappa shape index (κ2) is 9.76. The maximum absolute atomic E-state index is 12.1. The molecule has 0 saturated carbocycles. The monoisotopic (exact) mass is 460 g/mol. The maximum atomic E-state index is 12.1. The number of carbonyl (C=O) groups excluding carboxylic acids is 3. The lowest BCUT2D eigenvalue weighted by Gasteiger charge is -2.24. The van der Waals surface area contributed by atoms with E-state index in [1.165, 1.54) is 30.0 Å². The first-order chi connectivity index (χ1) is 15.6. The Morgan fingerprint density at radius 3 is 2.18 bits per heavy atom. The molecule has 0 atom stereocenters. The van der Waals surface area contributed by atoms with E-state index in [9.17, 15) is 14.4 Å². The number of anilines is 2. The molecule has 12 heteroatoms. The molecule has 0 fully saturated rings. The standard InChI is InChI=1S/C13H18N3O4.C8H9N3O2/c1-13(2,3)20-11(17)15-7-5-9-10(15)6-8-16(14-9)12(18)19-4;1-13-8(12)11-5-3-6-7(10-11)2-4-9-6/h6,8H,5,7H2,1-4H3;3,5H,2,4H2,1H3/q+1;/p+1. The summed E-state index contributed by atoms with van der Waals surface area (Å²) in [6.07, 6.45) is 3.04. The average molecular weight is 460 g/mol. The quantitative estimate of drug-likeness (QED) is 0.456. The summed E-state index contributed by atoms with van der Waals surface area (Å²) >= 11 is 0. The normalized spacial score (nSPS) is 13.7. The van der Waals surface area contributed by atoms with E-state index in [2.05, 4.69) is 25.0 Å². The molecule has 0 unspecified atom stereocenters. The molecule has 176 valence electrons. The molecule has 33 heavy (non-hydrogen) atoms. The minimum atomic E-state index is -0.566. The summed E-state index contributed by atoms with van der Waals surface area (Å²) in [5.74, 6) is 0. The minimum absolute atomic E-state index is 0.408. The number of aromatic nitrogens is 4. The highest BCUT2D eigenvalue weighted by atomic mass is 16.6. The molecule has 12 nitrogen and oxygen atoms in total. The molecule has 0 aliphatic carbocycles.